The van der Waals surface area contributed by atoms with E-state index in [-0.39, 0.29) is 22.8 Å². The number of carbonyl (C=O) groups is 2. The van der Waals surface area contributed by atoms with Crippen LogP contribution in [0.2, 0.25) is 0 Å². The van der Waals surface area contributed by atoms with E-state index >= 15 is 0 Å². The Balaban J connectivity index is 1.63. The van der Waals surface area contributed by atoms with E-state index in [9.17, 15) is 14.4 Å². The van der Waals surface area contributed by atoms with Gasteiger partial charge in [-0.3, -0.25) is 14.2 Å². The maximum Gasteiger partial charge on any atom is 0.337 e. The van der Waals surface area contributed by atoms with E-state index in [0.29, 0.717) is 33.5 Å². The molecule has 0 aliphatic rings. The van der Waals surface area contributed by atoms with E-state index in [2.05, 4.69) is 10.3 Å². The molecule has 2 aromatic heterocycles. The first-order chi connectivity index (χ1) is 15.0. The number of aromatic nitrogens is 2. The van der Waals surface area contributed by atoms with Gasteiger partial charge in [0.05, 0.1) is 42.1 Å². The smallest absolute Gasteiger partial charge is 0.337 e. The molecule has 2 aromatic carbocycles. The van der Waals surface area contributed by atoms with Crippen LogP contribution < -0.4 is 10.9 Å². The van der Waals surface area contributed by atoms with Crippen LogP contribution in [-0.4, -0.2) is 28.5 Å². The van der Waals surface area contributed by atoms with Gasteiger partial charge < -0.3 is 19.5 Å². The molecule has 9 heteroatoms. The summed E-state index contributed by atoms with van der Waals surface area (Å²) in [5.74, 6) is -0.130. The normalized spacial score (nSPS) is 10.7. The minimum absolute atomic E-state index is 0.162. The Morgan fingerprint density at radius 3 is 2.55 bits per heavy atom. The van der Waals surface area contributed by atoms with Crippen LogP contribution in [0.15, 0.2) is 70.1 Å². The number of nitrogens with zero attached hydrogens (tertiary/aromatic N) is 1. The summed E-state index contributed by atoms with van der Waals surface area (Å²) < 4.78 is 11.4. The number of hydrogen-bond acceptors (Lipinski definition) is 6. The Labute approximate surface area is 181 Å². The van der Waals surface area contributed by atoms with E-state index in [4.69, 9.17) is 21.4 Å². The molecule has 31 heavy (non-hydrogen) atoms. The van der Waals surface area contributed by atoms with Gasteiger partial charge in [0.2, 0.25) is 0 Å². The molecule has 0 atom stereocenters. The number of nitrogens with one attached hydrogen (secondary N) is 2. The molecule has 1 amide bonds. The highest BCUT2D eigenvalue weighted by atomic mass is 32.1. The highest BCUT2D eigenvalue weighted by molar-refractivity contribution is 7.71. The zero-order valence-electron chi connectivity index (χ0n) is 16.4. The number of carbonyl (C=O) groups excluding carboxylic acids is 2. The fraction of sp³-hybridized carbons (Fsp3) is 0.0909. The van der Waals surface area contributed by atoms with E-state index < -0.39 is 5.97 Å². The summed E-state index contributed by atoms with van der Waals surface area (Å²) in [4.78, 5) is 40.0. The van der Waals surface area contributed by atoms with E-state index in [1.54, 1.807) is 42.5 Å². The Morgan fingerprint density at radius 1 is 1.13 bits per heavy atom. The lowest BCUT2D eigenvalue weighted by atomic mass is 10.1. The molecule has 0 unspecified atom stereocenters. The van der Waals surface area contributed by atoms with Gasteiger partial charge in [0, 0.05) is 5.56 Å². The first-order valence-electron chi connectivity index (χ1n) is 9.26. The van der Waals surface area contributed by atoms with Gasteiger partial charge >= 0.3 is 5.97 Å². The number of esters is 1. The van der Waals surface area contributed by atoms with Gasteiger partial charge in [0.15, 0.2) is 4.77 Å². The molecular weight excluding hydrogens is 418 g/mol. The first-order valence-corrected chi connectivity index (χ1v) is 9.67. The summed E-state index contributed by atoms with van der Waals surface area (Å²) in [6.45, 7) is 0.274. The molecule has 0 radical (unpaired) electrons. The van der Waals surface area contributed by atoms with Crippen molar-refractivity contribution in [2.75, 3.05) is 7.11 Å². The van der Waals surface area contributed by atoms with Crippen LogP contribution in [0.5, 0.6) is 0 Å². The van der Waals surface area contributed by atoms with Crippen LogP contribution >= 0.6 is 12.2 Å². The molecule has 0 spiro atoms. The average Bonchev–Trinajstić information content (AvgIpc) is 3.30. The number of hydrogen-bond donors (Lipinski definition) is 2. The molecule has 0 bridgehead atoms. The summed E-state index contributed by atoms with van der Waals surface area (Å²) in [5, 5.41) is 3.12. The third-order valence-electron chi connectivity index (χ3n) is 4.71. The lowest BCUT2D eigenvalue weighted by Crippen LogP contribution is -2.23. The molecule has 4 aromatic rings. The van der Waals surface area contributed by atoms with Crippen molar-refractivity contribution in [3.8, 4) is 5.69 Å². The number of H-pyrrole nitrogens is 1. The number of rotatable bonds is 5. The predicted octanol–water partition coefficient (Wildman–Crippen LogP) is 3.36. The summed E-state index contributed by atoms with van der Waals surface area (Å²) in [6, 6.07) is 14.6. The van der Waals surface area contributed by atoms with Gasteiger partial charge in [-0.1, -0.05) is 0 Å². The number of methoxy groups -OCH3 is 1. The molecule has 0 aliphatic carbocycles. The summed E-state index contributed by atoms with van der Waals surface area (Å²) in [6.07, 6.45) is 1.54. The second-order valence-electron chi connectivity index (χ2n) is 6.63. The third kappa shape index (κ3) is 4.03. The second-order valence-corrected chi connectivity index (χ2v) is 7.02. The average molecular weight is 435 g/mol. The van der Waals surface area contributed by atoms with E-state index in [0.717, 1.165) is 0 Å². The van der Waals surface area contributed by atoms with Crippen molar-refractivity contribution in [2.45, 2.75) is 6.54 Å². The minimum Gasteiger partial charge on any atom is -0.467 e. The first kappa shape index (κ1) is 20.3. The van der Waals surface area contributed by atoms with Gasteiger partial charge in [-0.25, -0.2) is 4.79 Å². The van der Waals surface area contributed by atoms with Crippen molar-refractivity contribution in [3.05, 3.63) is 92.9 Å². The lowest BCUT2D eigenvalue weighted by Gasteiger charge is -2.10. The zero-order chi connectivity index (χ0) is 22.0. The largest absolute Gasteiger partial charge is 0.467 e. The molecule has 4 rings (SSSR count). The molecular formula is C22H17N3O5S. The third-order valence-corrected chi connectivity index (χ3v) is 4.99. The number of amides is 1. The molecule has 2 heterocycles. The molecule has 0 saturated heterocycles. The quantitative estimate of drug-likeness (QED) is 0.368. The molecule has 0 aliphatic heterocycles. The highest BCUT2D eigenvalue weighted by Gasteiger charge is 2.12. The molecule has 0 fully saturated rings. The Hall–Kier alpha value is -3.98. The fourth-order valence-corrected chi connectivity index (χ4v) is 3.44. The molecule has 0 saturated carbocycles. The maximum absolute atomic E-state index is 13.0. The van der Waals surface area contributed by atoms with Crippen molar-refractivity contribution >= 4 is 35.0 Å². The maximum atomic E-state index is 13.0. The summed E-state index contributed by atoms with van der Waals surface area (Å²) >= 11 is 5.36. The standard InChI is InChI=1S/C22H17N3O5S/c1-29-21(28)14-6-9-17-18(11-14)24-22(31)25(20(17)27)15-7-4-13(5-8-15)19(26)23-12-16-3-2-10-30-16/h2-11H,12H2,1H3,(H,23,26)(H,24,31). The van der Waals surface area contributed by atoms with Gasteiger partial charge in [0.1, 0.15) is 5.76 Å². The van der Waals surface area contributed by atoms with Crippen molar-refractivity contribution in [1.29, 1.82) is 0 Å². The topological polar surface area (TPSA) is 106 Å². The molecule has 8 nitrogen and oxygen atoms in total. The van der Waals surface area contributed by atoms with Crippen LogP contribution in [0.3, 0.4) is 0 Å². The van der Waals surface area contributed by atoms with Crippen LogP contribution in [0.4, 0.5) is 0 Å². The summed E-state index contributed by atoms with van der Waals surface area (Å²) in [5.41, 5.74) is 1.34. The monoisotopic (exact) mass is 435 g/mol. The molecule has 156 valence electrons. The Kier molecular flexibility index (Phi) is 5.50. The van der Waals surface area contributed by atoms with Gasteiger partial charge in [-0.2, -0.15) is 0 Å². The van der Waals surface area contributed by atoms with Gasteiger partial charge in [-0.15, -0.1) is 0 Å². The Morgan fingerprint density at radius 2 is 1.87 bits per heavy atom. The lowest BCUT2D eigenvalue weighted by molar-refractivity contribution is 0.0600. The predicted molar refractivity (Wildman–Crippen MR) is 116 cm³/mol. The number of furan rings is 1. The van der Waals surface area contributed by atoms with Crippen LogP contribution in [0.25, 0.3) is 16.6 Å². The minimum atomic E-state index is -0.508. The fourth-order valence-electron chi connectivity index (χ4n) is 3.14. The van der Waals surface area contributed by atoms with Gasteiger partial charge in [0.25, 0.3) is 11.5 Å². The van der Waals surface area contributed by atoms with Gasteiger partial charge in [-0.05, 0) is 66.8 Å². The SMILES string of the molecule is COC(=O)c1ccc2c(=O)n(-c3ccc(C(=O)NCc4ccco4)cc3)c(=S)[nH]c2c1. The van der Waals surface area contributed by atoms with E-state index in [1.165, 1.54) is 30.1 Å². The molecule has 2 N–H and O–H groups in total. The van der Waals surface area contributed by atoms with Crippen molar-refractivity contribution in [3.63, 3.8) is 0 Å². The van der Waals surface area contributed by atoms with E-state index in [1.807, 2.05) is 0 Å². The number of aromatic amines is 1. The van der Waals surface area contributed by atoms with Crippen LogP contribution in [0, 0.1) is 4.77 Å². The highest BCUT2D eigenvalue weighted by Crippen LogP contribution is 2.15. The number of benzene rings is 2. The second kappa shape index (κ2) is 8.41. The van der Waals surface area contributed by atoms with Crippen LogP contribution in [-0.2, 0) is 11.3 Å². The number of fused-ring (bicyclic) bond motifs is 1. The van der Waals surface area contributed by atoms with Crippen molar-refractivity contribution < 1.29 is 18.7 Å². The Bertz CT molecular complexity index is 1390. The van der Waals surface area contributed by atoms with Crippen molar-refractivity contribution in [2.24, 2.45) is 0 Å². The van der Waals surface area contributed by atoms with Crippen molar-refractivity contribution in [1.82, 2.24) is 14.9 Å². The zero-order valence-corrected chi connectivity index (χ0v) is 17.2. The summed E-state index contributed by atoms with van der Waals surface area (Å²) in [7, 11) is 1.29. The number of ether oxygens (including phenoxy) is 1. The van der Waals surface area contributed by atoms with Crippen LogP contribution in [0.1, 0.15) is 26.5 Å².